The number of carbonyl (C=O) groups excluding carboxylic acids is 3. The van der Waals surface area contributed by atoms with E-state index in [4.69, 9.17) is 10.2 Å². The average molecular weight is 389 g/mol. The van der Waals surface area contributed by atoms with Gasteiger partial charge in [0.25, 0.3) is 0 Å². The Balaban J connectivity index is 4.25. The Morgan fingerprint density at radius 1 is 0.778 bits per heavy atom. The molecule has 1 unspecified atom stereocenters. The molecule has 9 heteroatoms. The smallest absolute Gasteiger partial charge is 0.242 e. The number of unbranched alkanes of at least 4 members (excludes halogenated alkanes) is 1. The molecule has 27 heavy (non-hydrogen) atoms. The van der Waals surface area contributed by atoms with E-state index in [0.29, 0.717) is 51.6 Å². The topological polar surface area (TPSA) is 140 Å². The first-order valence-electron chi connectivity index (χ1n) is 9.75. The predicted octanol–water partition coefficient (Wildman–Crippen LogP) is -0.972. The standard InChI is InChI=1S/C18H36N4O5/c1-19-10-6-12-21-18(27)15(22-17(26)9-5-14-24)7-2-3-11-20-16(25)8-4-13-23/h15,19,23-24H,2-14H2,1H3,(H,20,25)(H,21,27)(H,22,26). The molecular formula is C18H36N4O5. The molecule has 0 saturated heterocycles. The normalized spacial score (nSPS) is 11.7. The highest BCUT2D eigenvalue weighted by Crippen LogP contribution is 2.03. The molecule has 0 radical (unpaired) electrons. The molecular weight excluding hydrogens is 352 g/mol. The summed E-state index contributed by atoms with van der Waals surface area (Å²) in [6, 6.07) is -0.615. The second kappa shape index (κ2) is 17.7. The van der Waals surface area contributed by atoms with Crippen molar-refractivity contribution in [2.75, 3.05) is 39.9 Å². The van der Waals surface area contributed by atoms with Crippen molar-refractivity contribution < 1.29 is 24.6 Å². The summed E-state index contributed by atoms with van der Waals surface area (Å²) < 4.78 is 0. The number of amides is 3. The summed E-state index contributed by atoms with van der Waals surface area (Å²) in [6.45, 7) is 1.76. The highest BCUT2D eigenvalue weighted by Gasteiger charge is 2.19. The zero-order valence-corrected chi connectivity index (χ0v) is 16.4. The molecule has 0 spiro atoms. The van der Waals surface area contributed by atoms with Crippen molar-refractivity contribution in [2.24, 2.45) is 0 Å². The molecule has 0 aliphatic carbocycles. The molecule has 0 aliphatic rings. The highest BCUT2D eigenvalue weighted by molar-refractivity contribution is 5.87. The molecule has 0 saturated carbocycles. The summed E-state index contributed by atoms with van der Waals surface area (Å²) in [5.41, 5.74) is 0. The Labute approximate surface area is 161 Å². The van der Waals surface area contributed by atoms with E-state index in [1.54, 1.807) is 0 Å². The van der Waals surface area contributed by atoms with Crippen LogP contribution < -0.4 is 21.3 Å². The van der Waals surface area contributed by atoms with Crippen molar-refractivity contribution in [2.45, 2.75) is 57.4 Å². The van der Waals surface area contributed by atoms with Gasteiger partial charge in [0.15, 0.2) is 0 Å². The Bertz CT molecular complexity index is 421. The van der Waals surface area contributed by atoms with Gasteiger partial charge in [-0.1, -0.05) is 0 Å². The second-order valence-corrected chi connectivity index (χ2v) is 6.37. The summed E-state index contributed by atoms with van der Waals surface area (Å²) >= 11 is 0. The maximum Gasteiger partial charge on any atom is 0.242 e. The molecule has 6 N–H and O–H groups in total. The van der Waals surface area contributed by atoms with Gasteiger partial charge in [0.05, 0.1) is 0 Å². The molecule has 0 heterocycles. The van der Waals surface area contributed by atoms with Gasteiger partial charge in [-0.2, -0.15) is 0 Å². The zero-order chi connectivity index (χ0) is 20.3. The van der Waals surface area contributed by atoms with E-state index < -0.39 is 6.04 Å². The van der Waals surface area contributed by atoms with Crippen molar-refractivity contribution in [1.82, 2.24) is 21.3 Å². The number of hydrogen-bond donors (Lipinski definition) is 6. The fourth-order valence-electron chi connectivity index (χ4n) is 2.40. The van der Waals surface area contributed by atoms with Gasteiger partial charge < -0.3 is 31.5 Å². The fourth-order valence-corrected chi connectivity index (χ4v) is 2.40. The van der Waals surface area contributed by atoms with Crippen molar-refractivity contribution >= 4 is 17.7 Å². The molecule has 0 rings (SSSR count). The molecule has 9 nitrogen and oxygen atoms in total. The Morgan fingerprint density at radius 2 is 1.41 bits per heavy atom. The van der Waals surface area contributed by atoms with Gasteiger partial charge in [-0.3, -0.25) is 14.4 Å². The van der Waals surface area contributed by atoms with Crippen LogP contribution in [-0.4, -0.2) is 73.9 Å². The SMILES string of the molecule is CNCCCNC(=O)C(CCCCNC(=O)CCCO)NC(=O)CCCO. The van der Waals surface area contributed by atoms with Gasteiger partial charge in [-0.25, -0.2) is 0 Å². The van der Waals surface area contributed by atoms with Gasteiger partial charge in [-0.05, 0) is 52.1 Å². The number of carbonyl (C=O) groups is 3. The number of aliphatic hydroxyl groups is 2. The maximum atomic E-state index is 12.3. The third kappa shape index (κ3) is 15.1. The molecule has 158 valence electrons. The monoisotopic (exact) mass is 388 g/mol. The largest absolute Gasteiger partial charge is 0.396 e. The van der Waals surface area contributed by atoms with Crippen LogP contribution in [0, 0.1) is 0 Å². The van der Waals surface area contributed by atoms with Crippen LogP contribution in [0.15, 0.2) is 0 Å². The van der Waals surface area contributed by atoms with Crippen LogP contribution in [0.25, 0.3) is 0 Å². The Kier molecular flexibility index (Phi) is 16.6. The van der Waals surface area contributed by atoms with Gasteiger partial charge >= 0.3 is 0 Å². The maximum absolute atomic E-state index is 12.3. The lowest BCUT2D eigenvalue weighted by Gasteiger charge is -2.18. The van der Waals surface area contributed by atoms with Crippen molar-refractivity contribution in [3.05, 3.63) is 0 Å². The minimum absolute atomic E-state index is 0.00545. The summed E-state index contributed by atoms with van der Waals surface area (Å²) in [5, 5.41) is 28.8. The predicted molar refractivity (Wildman–Crippen MR) is 103 cm³/mol. The van der Waals surface area contributed by atoms with Crippen LogP contribution >= 0.6 is 0 Å². The van der Waals surface area contributed by atoms with Crippen molar-refractivity contribution in [3.63, 3.8) is 0 Å². The van der Waals surface area contributed by atoms with Crippen LogP contribution in [0.2, 0.25) is 0 Å². The van der Waals surface area contributed by atoms with E-state index in [9.17, 15) is 14.4 Å². The molecule has 1 atom stereocenters. The summed E-state index contributed by atoms with van der Waals surface area (Å²) in [4.78, 5) is 35.7. The molecule has 0 fully saturated rings. The summed E-state index contributed by atoms with van der Waals surface area (Å²) in [7, 11) is 1.84. The minimum Gasteiger partial charge on any atom is -0.396 e. The van der Waals surface area contributed by atoms with Crippen LogP contribution in [0.5, 0.6) is 0 Å². The first-order chi connectivity index (χ1) is 13.0. The minimum atomic E-state index is -0.615. The summed E-state index contributed by atoms with van der Waals surface area (Å²) in [6.07, 6.45) is 3.94. The number of hydrogen-bond acceptors (Lipinski definition) is 6. The van der Waals surface area contributed by atoms with Crippen LogP contribution in [0.3, 0.4) is 0 Å². The fraction of sp³-hybridized carbons (Fsp3) is 0.833. The quantitative estimate of drug-likeness (QED) is 0.177. The summed E-state index contributed by atoms with van der Waals surface area (Å²) in [5.74, 6) is -0.563. The van der Waals surface area contributed by atoms with Crippen molar-refractivity contribution in [3.8, 4) is 0 Å². The highest BCUT2D eigenvalue weighted by atomic mass is 16.3. The molecule has 3 amide bonds. The van der Waals surface area contributed by atoms with Crippen LogP contribution in [-0.2, 0) is 14.4 Å². The third-order valence-electron chi connectivity index (χ3n) is 3.92. The van der Waals surface area contributed by atoms with E-state index in [1.807, 2.05) is 7.05 Å². The van der Waals surface area contributed by atoms with E-state index in [-0.39, 0.29) is 37.4 Å². The lowest BCUT2D eigenvalue weighted by Crippen LogP contribution is -2.47. The lowest BCUT2D eigenvalue weighted by atomic mass is 10.1. The number of aliphatic hydroxyl groups excluding tert-OH is 2. The van der Waals surface area contributed by atoms with E-state index >= 15 is 0 Å². The first kappa shape index (κ1) is 25.3. The van der Waals surface area contributed by atoms with Crippen LogP contribution in [0.4, 0.5) is 0 Å². The molecule has 0 aromatic rings. The van der Waals surface area contributed by atoms with Gasteiger partial charge in [0.1, 0.15) is 6.04 Å². The van der Waals surface area contributed by atoms with E-state index in [0.717, 1.165) is 13.0 Å². The van der Waals surface area contributed by atoms with Crippen molar-refractivity contribution in [1.29, 1.82) is 0 Å². The third-order valence-corrected chi connectivity index (χ3v) is 3.92. The van der Waals surface area contributed by atoms with Gasteiger partial charge in [0, 0.05) is 39.1 Å². The number of rotatable bonds is 17. The van der Waals surface area contributed by atoms with Gasteiger partial charge in [0.2, 0.25) is 17.7 Å². The van der Waals surface area contributed by atoms with Gasteiger partial charge in [-0.15, -0.1) is 0 Å². The Morgan fingerprint density at radius 3 is 2.04 bits per heavy atom. The molecule has 0 aliphatic heterocycles. The van der Waals surface area contributed by atoms with E-state index in [2.05, 4.69) is 21.3 Å². The average Bonchev–Trinajstić information content (AvgIpc) is 2.66. The molecule has 0 aromatic carbocycles. The van der Waals surface area contributed by atoms with Crippen LogP contribution in [0.1, 0.15) is 51.4 Å². The molecule has 0 bridgehead atoms. The second-order valence-electron chi connectivity index (χ2n) is 6.37. The van der Waals surface area contributed by atoms with E-state index in [1.165, 1.54) is 0 Å². The first-order valence-corrected chi connectivity index (χ1v) is 9.75. The molecule has 0 aromatic heterocycles. The Hall–Kier alpha value is -1.71. The zero-order valence-electron chi connectivity index (χ0n) is 16.4. The number of nitrogens with one attached hydrogen (secondary N) is 4. The lowest BCUT2D eigenvalue weighted by molar-refractivity contribution is -0.129.